The van der Waals surface area contributed by atoms with Gasteiger partial charge in [-0.2, -0.15) is 0 Å². The van der Waals surface area contributed by atoms with Crippen molar-refractivity contribution < 1.29 is 9.59 Å². The van der Waals surface area contributed by atoms with Gasteiger partial charge in [0.15, 0.2) is 0 Å². The highest BCUT2D eigenvalue weighted by atomic mass is 16.2. The zero-order chi connectivity index (χ0) is 13.0. The molecule has 1 fully saturated rings. The minimum absolute atomic E-state index is 0.0630. The van der Waals surface area contributed by atoms with E-state index in [0.29, 0.717) is 18.7 Å². The van der Waals surface area contributed by atoms with E-state index in [4.69, 9.17) is 5.84 Å². The first-order valence-electron chi connectivity index (χ1n) is 5.92. The molecule has 0 saturated carbocycles. The summed E-state index contributed by atoms with van der Waals surface area (Å²) < 4.78 is 0. The van der Waals surface area contributed by atoms with E-state index in [9.17, 15) is 9.59 Å². The minimum atomic E-state index is -0.213. The smallest absolute Gasteiger partial charge is 0.253 e. The minimum Gasteiger partial charge on any atom is -0.338 e. The van der Waals surface area contributed by atoms with Crippen LogP contribution in [0, 0.1) is 5.92 Å². The highest BCUT2D eigenvalue weighted by Crippen LogP contribution is 2.18. The molecule has 0 aromatic carbocycles. The highest BCUT2D eigenvalue weighted by molar-refractivity contribution is 5.94. The summed E-state index contributed by atoms with van der Waals surface area (Å²) in [5.74, 6) is 4.64. The van der Waals surface area contributed by atoms with Gasteiger partial charge in [0.05, 0.1) is 5.92 Å². The summed E-state index contributed by atoms with van der Waals surface area (Å²) in [7, 11) is 0. The second-order valence-corrected chi connectivity index (χ2v) is 4.33. The van der Waals surface area contributed by atoms with Crippen molar-refractivity contribution in [1.82, 2.24) is 15.3 Å². The summed E-state index contributed by atoms with van der Waals surface area (Å²) in [4.78, 5) is 29.3. The Kier molecular flexibility index (Phi) is 3.88. The van der Waals surface area contributed by atoms with Gasteiger partial charge in [0.25, 0.3) is 5.91 Å². The van der Waals surface area contributed by atoms with Crippen LogP contribution < -0.4 is 11.3 Å². The lowest BCUT2D eigenvalue weighted by molar-refractivity contribution is -0.126. The van der Waals surface area contributed by atoms with Crippen LogP contribution in [0.5, 0.6) is 0 Å². The molecule has 0 aliphatic carbocycles. The third-order valence-corrected chi connectivity index (χ3v) is 3.15. The maximum Gasteiger partial charge on any atom is 0.253 e. The van der Waals surface area contributed by atoms with Crippen LogP contribution in [-0.2, 0) is 4.79 Å². The van der Waals surface area contributed by atoms with Crippen molar-refractivity contribution in [3.05, 3.63) is 30.1 Å². The van der Waals surface area contributed by atoms with E-state index in [1.807, 2.05) is 0 Å². The molecule has 0 spiro atoms. The molecular weight excluding hydrogens is 232 g/mol. The summed E-state index contributed by atoms with van der Waals surface area (Å²) in [6.07, 6.45) is 4.75. The van der Waals surface area contributed by atoms with E-state index in [-0.39, 0.29) is 17.7 Å². The van der Waals surface area contributed by atoms with E-state index in [0.717, 1.165) is 12.8 Å². The Bertz CT molecular complexity index is 435. The lowest BCUT2D eigenvalue weighted by atomic mass is 9.97. The normalized spacial score (nSPS) is 19.4. The van der Waals surface area contributed by atoms with Gasteiger partial charge in [-0.3, -0.25) is 20.0 Å². The average molecular weight is 248 g/mol. The number of amides is 2. The third kappa shape index (κ3) is 2.65. The fourth-order valence-electron chi connectivity index (χ4n) is 2.17. The van der Waals surface area contributed by atoms with Crippen molar-refractivity contribution >= 4 is 11.8 Å². The van der Waals surface area contributed by atoms with Crippen molar-refractivity contribution in [3.8, 4) is 0 Å². The zero-order valence-electron chi connectivity index (χ0n) is 10.0. The first kappa shape index (κ1) is 12.5. The number of likely N-dealkylation sites (tertiary alicyclic amines) is 1. The molecule has 1 aromatic rings. The molecule has 1 saturated heterocycles. The first-order valence-corrected chi connectivity index (χ1v) is 5.92. The summed E-state index contributed by atoms with van der Waals surface area (Å²) in [6, 6.07) is 3.35. The molecule has 18 heavy (non-hydrogen) atoms. The van der Waals surface area contributed by atoms with Crippen LogP contribution in [-0.4, -0.2) is 34.8 Å². The van der Waals surface area contributed by atoms with Crippen molar-refractivity contribution in [2.45, 2.75) is 12.8 Å². The Morgan fingerprint density at radius 1 is 1.39 bits per heavy atom. The van der Waals surface area contributed by atoms with E-state index < -0.39 is 0 Å². The number of nitrogens with one attached hydrogen (secondary N) is 1. The van der Waals surface area contributed by atoms with E-state index in [1.54, 1.807) is 29.4 Å². The predicted octanol–water partition coefficient (Wildman–Crippen LogP) is -0.0763. The Hall–Kier alpha value is -1.95. The average Bonchev–Trinajstić information content (AvgIpc) is 2.46. The fraction of sp³-hybridized carbons (Fsp3) is 0.417. The van der Waals surface area contributed by atoms with Crippen molar-refractivity contribution in [2.75, 3.05) is 13.1 Å². The molecule has 1 aliphatic rings. The lowest BCUT2D eigenvalue weighted by Crippen LogP contribution is -2.46. The number of hydrazine groups is 1. The topological polar surface area (TPSA) is 88.3 Å². The second kappa shape index (κ2) is 5.59. The number of piperidine rings is 1. The maximum atomic E-state index is 12.2. The highest BCUT2D eigenvalue weighted by Gasteiger charge is 2.28. The van der Waals surface area contributed by atoms with Crippen LogP contribution >= 0.6 is 0 Å². The zero-order valence-corrected chi connectivity index (χ0v) is 10.0. The van der Waals surface area contributed by atoms with Gasteiger partial charge in [-0.15, -0.1) is 0 Å². The second-order valence-electron chi connectivity index (χ2n) is 4.33. The number of rotatable bonds is 2. The number of carbonyl (C=O) groups is 2. The molecule has 0 radical (unpaired) electrons. The van der Waals surface area contributed by atoms with Gasteiger partial charge in [0.2, 0.25) is 5.91 Å². The first-order chi connectivity index (χ1) is 8.72. The third-order valence-electron chi connectivity index (χ3n) is 3.15. The van der Waals surface area contributed by atoms with Gasteiger partial charge in [0.1, 0.15) is 0 Å². The molecule has 6 heteroatoms. The molecule has 2 rings (SSSR count). The summed E-state index contributed by atoms with van der Waals surface area (Å²) >= 11 is 0. The van der Waals surface area contributed by atoms with Crippen molar-refractivity contribution in [2.24, 2.45) is 11.8 Å². The number of nitrogens with zero attached hydrogens (tertiary/aromatic N) is 2. The molecule has 3 N–H and O–H groups in total. The van der Waals surface area contributed by atoms with E-state index >= 15 is 0 Å². The molecule has 1 atom stereocenters. The van der Waals surface area contributed by atoms with Gasteiger partial charge in [-0.05, 0) is 25.0 Å². The van der Waals surface area contributed by atoms with Gasteiger partial charge in [-0.25, -0.2) is 5.84 Å². The molecule has 0 bridgehead atoms. The monoisotopic (exact) mass is 248 g/mol. The standard InChI is InChI=1S/C12H16N4O2/c13-15-11(17)10-2-1-7-16(8-10)12(18)9-3-5-14-6-4-9/h3-6,10H,1-2,7-8,13H2,(H,15,17). The number of pyridine rings is 1. The largest absolute Gasteiger partial charge is 0.338 e. The number of hydrogen-bond donors (Lipinski definition) is 2. The van der Waals surface area contributed by atoms with Crippen molar-refractivity contribution in [3.63, 3.8) is 0 Å². The lowest BCUT2D eigenvalue weighted by Gasteiger charge is -2.31. The SMILES string of the molecule is NNC(=O)C1CCCN(C(=O)c2ccncc2)C1. The Balaban J connectivity index is 2.05. The Morgan fingerprint density at radius 2 is 2.11 bits per heavy atom. The van der Waals surface area contributed by atoms with E-state index in [1.165, 1.54) is 0 Å². The van der Waals surface area contributed by atoms with Crippen LogP contribution in [0.2, 0.25) is 0 Å². The summed E-state index contributed by atoms with van der Waals surface area (Å²) in [6.45, 7) is 1.10. The molecule has 1 unspecified atom stereocenters. The predicted molar refractivity (Wildman–Crippen MR) is 65.2 cm³/mol. The van der Waals surface area contributed by atoms with Crippen LogP contribution in [0.3, 0.4) is 0 Å². The molecule has 1 aromatic heterocycles. The van der Waals surface area contributed by atoms with Gasteiger partial charge >= 0.3 is 0 Å². The van der Waals surface area contributed by atoms with Gasteiger partial charge in [-0.1, -0.05) is 0 Å². The van der Waals surface area contributed by atoms with Crippen LogP contribution in [0.1, 0.15) is 23.2 Å². The summed E-state index contributed by atoms with van der Waals surface area (Å²) in [5, 5.41) is 0. The Morgan fingerprint density at radius 3 is 2.78 bits per heavy atom. The maximum absolute atomic E-state index is 12.2. The van der Waals surface area contributed by atoms with Gasteiger partial charge < -0.3 is 4.90 Å². The summed E-state index contributed by atoms with van der Waals surface area (Å²) in [5.41, 5.74) is 2.74. The van der Waals surface area contributed by atoms with Crippen LogP contribution in [0.4, 0.5) is 0 Å². The molecule has 2 amide bonds. The number of nitrogens with two attached hydrogens (primary N) is 1. The number of aromatic nitrogens is 1. The number of hydrogen-bond acceptors (Lipinski definition) is 4. The van der Waals surface area contributed by atoms with Crippen LogP contribution in [0.25, 0.3) is 0 Å². The quantitative estimate of drug-likeness (QED) is 0.435. The molecule has 1 aliphatic heterocycles. The molecular formula is C12H16N4O2. The van der Waals surface area contributed by atoms with E-state index in [2.05, 4.69) is 10.4 Å². The molecule has 96 valence electrons. The number of carbonyl (C=O) groups excluding carboxylic acids is 2. The Labute approximate surface area is 105 Å². The van der Waals surface area contributed by atoms with Crippen LogP contribution in [0.15, 0.2) is 24.5 Å². The van der Waals surface area contributed by atoms with Crippen molar-refractivity contribution in [1.29, 1.82) is 0 Å². The van der Waals surface area contributed by atoms with Gasteiger partial charge in [0, 0.05) is 31.0 Å². The molecule has 6 nitrogen and oxygen atoms in total. The molecule has 2 heterocycles. The fourth-order valence-corrected chi connectivity index (χ4v) is 2.17.